The molecule has 0 aliphatic rings. The van der Waals surface area contributed by atoms with Crippen molar-refractivity contribution in [3.8, 4) is 11.5 Å². The van der Waals surface area contributed by atoms with Crippen molar-refractivity contribution in [2.24, 2.45) is 0 Å². The van der Waals surface area contributed by atoms with Crippen molar-refractivity contribution < 1.29 is 13.1 Å². The lowest BCUT2D eigenvalue weighted by atomic mass is 10.2. The van der Waals surface area contributed by atoms with E-state index >= 15 is 0 Å². The molecule has 1 aromatic carbocycles. The van der Waals surface area contributed by atoms with Crippen molar-refractivity contribution in [1.82, 2.24) is 10.1 Å². The second-order valence-corrected chi connectivity index (χ2v) is 6.88. The smallest absolute Gasteiger partial charge is 0.226 e. The van der Waals surface area contributed by atoms with Crippen LogP contribution in [0.15, 0.2) is 39.3 Å². The Morgan fingerprint density at radius 1 is 1.04 bits per heavy atom. The minimum atomic E-state index is -1.10. The Morgan fingerprint density at radius 3 is 2.43 bits per heavy atom. The van der Waals surface area contributed by atoms with E-state index in [9.17, 15) is 4.21 Å². The highest BCUT2D eigenvalue weighted by atomic mass is 32.2. The summed E-state index contributed by atoms with van der Waals surface area (Å²) in [6.07, 6.45) is 0. The fraction of sp³-hybridized carbons (Fsp3) is 0.294. The Bertz CT molecular complexity index is 817. The number of oxazole rings is 1. The van der Waals surface area contributed by atoms with Crippen molar-refractivity contribution in [3.63, 3.8) is 0 Å². The van der Waals surface area contributed by atoms with Gasteiger partial charge in [-0.05, 0) is 32.9 Å². The van der Waals surface area contributed by atoms with E-state index in [-0.39, 0.29) is 0 Å². The van der Waals surface area contributed by atoms with Gasteiger partial charge >= 0.3 is 0 Å². The summed E-state index contributed by atoms with van der Waals surface area (Å²) in [6.45, 7) is 5.54. The lowest BCUT2D eigenvalue weighted by Crippen LogP contribution is -2.02. The zero-order valence-corrected chi connectivity index (χ0v) is 14.1. The van der Waals surface area contributed by atoms with Crippen LogP contribution in [0.3, 0.4) is 0 Å². The summed E-state index contributed by atoms with van der Waals surface area (Å²) in [4.78, 5) is 4.50. The van der Waals surface area contributed by atoms with Crippen LogP contribution in [0.1, 0.15) is 28.5 Å². The third kappa shape index (κ3) is 3.42. The van der Waals surface area contributed by atoms with E-state index < -0.39 is 10.8 Å². The molecule has 0 aliphatic heterocycles. The quantitative estimate of drug-likeness (QED) is 0.713. The number of rotatable bonds is 5. The molecule has 0 spiro atoms. The van der Waals surface area contributed by atoms with Gasteiger partial charge in [0.05, 0.1) is 22.9 Å². The van der Waals surface area contributed by atoms with Gasteiger partial charge in [0.2, 0.25) is 5.89 Å². The number of benzene rings is 1. The topological polar surface area (TPSA) is 69.1 Å². The maximum absolute atomic E-state index is 12.4. The molecule has 0 saturated carbocycles. The van der Waals surface area contributed by atoms with Crippen molar-refractivity contribution in [3.05, 3.63) is 58.8 Å². The predicted molar refractivity (Wildman–Crippen MR) is 88.2 cm³/mol. The summed E-state index contributed by atoms with van der Waals surface area (Å²) >= 11 is 0. The van der Waals surface area contributed by atoms with Gasteiger partial charge in [-0.1, -0.05) is 23.4 Å². The summed E-state index contributed by atoms with van der Waals surface area (Å²) in [6, 6.07) is 9.69. The first-order valence-electron chi connectivity index (χ1n) is 7.33. The van der Waals surface area contributed by atoms with E-state index in [0.29, 0.717) is 23.2 Å². The number of hydrogen-bond donors (Lipinski definition) is 0. The number of aromatic nitrogens is 2. The second kappa shape index (κ2) is 6.50. The van der Waals surface area contributed by atoms with Crippen LogP contribution in [0.2, 0.25) is 0 Å². The maximum atomic E-state index is 12.4. The average Bonchev–Trinajstić information content (AvgIpc) is 3.06. The van der Waals surface area contributed by atoms with Gasteiger partial charge in [0.15, 0.2) is 0 Å². The Morgan fingerprint density at radius 2 is 1.78 bits per heavy atom. The molecular formula is C17H18N2O3S. The molecule has 0 bridgehead atoms. The second-order valence-electron chi connectivity index (χ2n) is 5.42. The molecule has 5 nitrogen and oxygen atoms in total. The third-order valence-electron chi connectivity index (χ3n) is 3.70. The molecule has 0 fully saturated rings. The average molecular weight is 330 g/mol. The molecule has 120 valence electrons. The van der Waals surface area contributed by atoms with E-state index in [1.165, 1.54) is 0 Å². The van der Waals surface area contributed by atoms with Crippen molar-refractivity contribution >= 4 is 10.8 Å². The summed E-state index contributed by atoms with van der Waals surface area (Å²) < 4.78 is 23.3. The molecule has 0 N–H and O–H groups in total. The van der Waals surface area contributed by atoms with Gasteiger partial charge in [-0.2, -0.15) is 0 Å². The Hall–Kier alpha value is -2.21. The molecule has 3 rings (SSSR count). The van der Waals surface area contributed by atoms with Crippen LogP contribution in [-0.2, 0) is 22.3 Å². The van der Waals surface area contributed by atoms with Crippen molar-refractivity contribution in [1.29, 1.82) is 0 Å². The SMILES string of the molecule is Cc1noc(C)c1C[S@](=O)Cc1nc(-c2ccccc2)oc1C. The molecule has 0 radical (unpaired) electrons. The van der Waals surface area contributed by atoms with Crippen molar-refractivity contribution in [2.45, 2.75) is 32.3 Å². The highest BCUT2D eigenvalue weighted by molar-refractivity contribution is 7.83. The van der Waals surface area contributed by atoms with E-state index in [4.69, 9.17) is 8.94 Å². The molecular weight excluding hydrogens is 312 g/mol. The first-order valence-corrected chi connectivity index (χ1v) is 8.82. The molecule has 2 heterocycles. The normalized spacial score (nSPS) is 12.5. The largest absolute Gasteiger partial charge is 0.441 e. The van der Waals surface area contributed by atoms with E-state index in [0.717, 1.165) is 28.3 Å². The van der Waals surface area contributed by atoms with Gasteiger partial charge in [0, 0.05) is 21.9 Å². The monoisotopic (exact) mass is 330 g/mol. The van der Waals surface area contributed by atoms with Crippen LogP contribution in [0.4, 0.5) is 0 Å². The van der Waals surface area contributed by atoms with Crippen LogP contribution in [0.25, 0.3) is 11.5 Å². The van der Waals surface area contributed by atoms with Crippen LogP contribution in [0.5, 0.6) is 0 Å². The highest BCUT2D eigenvalue weighted by Gasteiger charge is 2.17. The van der Waals surface area contributed by atoms with Crippen LogP contribution < -0.4 is 0 Å². The maximum Gasteiger partial charge on any atom is 0.226 e. The first-order chi connectivity index (χ1) is 11.0. The zero-order valence-electron chi connectivity index (χ0n) is 13.3. The van der Waals surface area contributed by atoms with Gasteiger partial charge in [-0.3, -0.25) is 4.21 Å². The Kier molecular flexibility index (Phi) is 4.43. The number of nitrogens with zero attached hydrogens (tertiary/aromatic N) is 2. The van der Waals surface area contributed by atoms with Gasteiger partial charge in [-0.15, -0.1) is 0 Å². The third-order valence-corrected chi connectivity index (χ3v) is 4.90. The molecule has 2 aromatic heterocycles. The standard InChI is InChI=1S/C17H18N2O3S/c1-11-15(12(2)22-19-11)9-23(20)10-16-13(3)21-17(18-16)14-7-5-4-6-8-14/h4-8H,9-10H2,1-3H3/t23-/m0/s1. The molecule has 6 heteroatoms. The molecule has 0 saturated heterocycles. The Balaban J connectivity index is 1.76. The van der Waals surface area contributed by atoms with E-state index in [2.05, 4.69) is 10.1 Å². The van der Waals surface area contributed by atoms with Gasteiger partial charge in [0.1, 0.15) is 11.5 Å². The predicted octanol–water partition coefficient (Wildman–Crippen LogP) is 3.70. The van der Waals surface area contributed by atoms with Gasteiger partial charge in [0.25, 0.3) is 0 Å². The van der Waals surface area contributed by atoms with Crippen LogP contribution >= 0.6 is 0 Å². The van der Waals surface area contributed by atoms with Crippen LogP contribution in [0, 0.1) is 20.8 Å². The molecule has 0 unspecified atom stereocenters. The molecule has 1 atom stereocenters. The minimum absolute atomic E-state index is 0.353. The van der Waals surface area contributed by atoms with Crippen molar-refractivity contribution in [2.75, 3.05) is 0 Å². The number of hydrogen-bond acceptors (Lipinski definition) is 5. The molecule has 3 aromatic rings. The zero-order chi connectivity index (χ0) is 16.4. The summed E-state index contributed by atoms with van der Waals surface area (Å²) in [5.41, 5.74) is 3.35. The van der Waals surface area contributed by atoms with Crippen LogP contribution in [-0.4, -0.2) is 14.3 Å². The molecule has 0 amide bonds. The lowest BCUT2D eigenvalue weighted by Gasteiger charge is -2.00. The Labute approximate surface area is 137 Å². The number of aryl methyl sites for hydroxylation is 3. The van der Waals surface area contributed by atoms with Gasteiger partial charge < -0.3 is 8.94 Å². The summed E-state index contributed by atoms with van der Waals surface area (Å²) in [5.74, 6) is 2.75. The fourth-order valence-electron chi connectivity index (χ4n) is 2.34. The molecule has 23 heavy (non-hydrogen) atoms. The summed E-state index contributed by atoms with van der Waals surface area (Å²) in [7, 11) is -1.10. The van der Waals surface area contributed by atoms with Gasteiger partial charge in [-0.25, -0.2) is 4.98 Å². The van der Waals surface area contributed by atoms with E-state index in [1.807, 2.05) is 51.1 Å². The first kappa shape index (κ1) is 15.7. The minimum Gasteiger partial charge on any atom is -0.441 e. The fourth-order valence-corrected chi connectivity index (χ4v) is 3.75. The summed E-state index contributed by atoms with van der Waals surface area (Å²) in [5, 5.41) is 3.89. The highest BCUT2D eigenvalue weighted by Crippen LogP contribution is 2.23. The lowest BCUT2D eigenvalue weighted by molar-refractivity contribution is 0.392. The molecule has 0 aliphatic carbocycles. The van der Waals surface area contributed by atoms with E-state index in [1.54, 1.807) is 0 Å².